The number of rotatable bonds is 5. The third-order valence-corrected chi connectivity index (χ3v) is 3.66. The van der Waals surface area contributed by atoms with Gasteiger partial charge in [0.1, 0.15) is 5.75 Å². The number of likely N-dealkylation sites (N-methyl/N-ethyl adjacent to an activating group) is 1. The van der Waals surface area contributed by atoms with Crippen molar-refractivity contribution in [1.82, 2.24) is 10.2 Å². The van der Waals surface area contributed by atoms with E-state index in [-0.39, 0.29) is 0 Å². The second kappa shape index (κ2) is 5.52. The Morgan fingerprint density at radius 3 is 2.35 bits per heavy atom. The number of nitrogens with one attached hydrogen (secondary N) is 1. The van der Waals surface area contributed by atoms with Crippen LogP contribution in [0.4, 0.5) is 0 Å². The smallest absolute Gasteiger partial charge is 0.115 e. The van der Waals surface area contributed by atoms with Crippen molar-refractivity contribution in [2.24, 2.45) is 0 Å². The van der Waals surface area contributed by atoms with E-state index < -0.39 is 0 Å². The van der Waals surface area contributed by atoms with Gasteiger partial charge in [0.15, 0.2) is 0 Å². The van der Waals surface area contributed by atoms with Crippen LogP contribution in [0, 0.1) is 0 Å². The molecule has 3 heteroatoms. The van der Waals surface area contributed by atoms with Gasteiger partial charge in [0.2, 0.25) is 0 Å². The Morgan fingerprint density at radius 1 is 1.29 bits per heavy atom. The Bertz CT molecular complexity index is 346. The summed E-state index contributed by atoms with van der Waals surface area (Å²) in [5, 5.41) is 12.7. The van der Waals surface area contributed by atoms with Crippen LogP contribution < -0.4 is 5.32 Å². The van der Waals surface area contributed by atoms with Crippen molar-refractivity contribution >= 4 is 0 Å². The zero-order valence-electron chi connectivity index (χ0n) is 10.7. The molecular formula is C14H22N2O. The molecule has 0 aliphatic carbocycles. The number of phenols is 1. The van der Waals surface area contributed by atoms with E-state index in [0.717, 1.165) is 26.1 Å². The number of benzene rings is 1. The molecule has 0 saturated carbocycles. The van der Waals surface area contributed by atoms with Crippen molar-refractivity contribution in [3.05, 3.63) is 29.8 Å². The van der Waals surface area contributed by atoms with Gasteiger partial charge in [-0.3, -0.25) is 4.90 Å². The van der Waals surface area contributed by atoms with Crippen LogP contribution in [0.25, 0.3) is 0 Å². The molecule has 1 saturated heterocycles. The van der Waals surface area contributed by atoms with Crippen molar-refractivity contribution in [2.45, 2.75) is 32.4 Å². The molecule has 1 aliphatic rings. The number of phenolic OH excluding ortho intramolecular Hbond substituents is 1. The Labute approximate surface area is 103 Å². The van der Waals surface area contributed by atoms with Crippen LogP contribution in [0.2, 0.25) is 0 Å². The summed E-state index contributed by atoms with van der Waals surface area (Å²) in [7, 11) is 0. The van der Waals surface area contributed by atoms with Crippen LogP contribution in [0.1, 0.15) is 31.9 Å². The average molecular weight is 234 g/mol. The maximum Gasteiger partial charge on any atom is 0.115 e. The lowest BCUT2D eigenvalue weighted by molar-refractivity contribution is 0.0981. The predicted octanol–water partition coefficient (Wildman–Crippen LogP) is 2.14. The Morgan fingerprint density at radius 2 is 1.94 bits per heavy atom. The predicted molar refractivity (Wildman–Crippen MR) is 70.2 cm³/mol. The van der Waals surface area contributed by atoms with E-state index in [1.807, 2.05) is 12.1 Å². The zero-order valence-corrected chi connectivity index (χ0v) is 10.7. The molecular weight excluding hydrogens is 212 g/mol. The first kappa shape index (κ1) is 12.4. The molecule has 94 valence electrons. The van der Waals surface area contributed by atoms with Crippen molar-refractivity contribution in [1.29, 1.82) is 0 Å². The SMILES string of the molecule is CCC(c1ccc(O)cc1)N(CC)C1CNC1. The first-order valence-corrected chi connectivity index (χ1v) is 6.51. The van der Waals surface area contributed by atoms with E-state index in [2.05, 4.69) is 24.1 Å². The van der Waals surface area contributed by atoms with Crippen LogP contribution in [-0.2, 0) is 0 Å². The molecule has 17 heavy (non-hydrogen) atoms. The van der Waals surface area contributed by atoms with Crippen molar-refractivity contribution < 1.29 is 5.11 Å². The largest absolute Gasteiger partial charge is 0.508 e. The normalized spacial score (nSPS) is 18.1. The van der Waals surface area contributed by atoms with E-state index in [4.69, 9.17) is 0 Å². The van der Waals surface area contributed by atoms with E-state index in [1.165, 1.54) is 5.56 Å². The summed E-state index contributed by atoms with van der Waals surface area (Å²) in [5.41, 5.74) is 1.30. The second-order valence-corrected chi connectivity index (χ2v) is 4.66. The summed E-state index contributed by atoms with van der Waals surface area (Å²) in [5.74, 6) is 0.344. The molecule has 1 aliphatic heterocycles. The Balaban J connectivity index is 2.15. The summed E-state index contributed by atoms with van der Waals surface area (Å²) >= 11 is 0. The summed E-state index contributed by atoms with van der Waals surface area (Å²) in [6.07, 6.45) is 1.11. The lowest BCUT2D eigenvalue weighted by Gasteiger charge is -2.42. The monoisotopic (exact) mass is 234 g/mol. The van der Waals surface area contributed by atoms with Gasteiger partial charge in [0, 0.05) is 25.2 Å². The number of hydrogen-bond donors (Lipinski definition) is 2. The summed E-state index contributed by atoms with van der Waals surface area (Å²) in [6.45, 7) is 7.73. The van der Waals surface area contributed by atoms with Gasteiger partial charge in [-0.2, -0.15) is 0 Å². The Hall–Kier alpha value is -1.06. The highest BCUT2D eigenvalue weighted by Crippen LogP contribution is 2.28. The minimum Gasteiger partial charge on any atom is -0.508 e. The summed E-state index contributed by atoms with van der Waals surface area (Å²) in [4.78, 5) is 2.56. The molecule has 0 radical (unpaired) electrons. The van der Waals surface area contributed by atoms with Gasteiger partial charge >= 0.3 is 0 Å². The number of nitrogens with zero attached hydrogens (tertiary/aromatic N) is 1. The van der Waals surface area contributed by atoms with Gasteiger partial charge in [0.05, 0.1) is 0 Å². The first-order chi connectivity index (χ1) is 8.26. The topological polar surface area (TPSA) is 35.5 Å². The van der Waals surface area contributed by atoms with Crippen molar-refractivity contribution in [2.75, 3.05) is 19.6 Å². The number of hydrogen-bond acceptors (Lipinski definition) is 3. The summed E-state index contributed by atoms with van der Waals surface area (Å²) in [6, 6.07) is 8.78. The van der Waals surface area contributed by atoms with E-state index in [0.29, 0.717) is 17.8 Å². The van der Waals surface area contributed by atoms with Gasteiger partial charge in [-0.05, 0) is 30.7 Å². The summed E-state index contributed by atoms with van der Waals surface area (Å²) < 4.78 is 0. The molecule has 2 N–H and O–H groups in total. The molecule has 1 aromatic carbocycles. The van der Waals surface area contributed by atoms with Gasteiger partial charge in [-0.15, -0.1) is 0 Å². The molecule has 1 atom stereocenters. The average Bonchev–Trinajstić information content (AvgIpc) is 2.28. The highest BCUT2D eigenvalue weighted by atomic mass is 16.3. The molecule has 0 aromatic heterocycles. The van der Waals surface area contributed by atoms with Crippen molar-refractivity contribution in [3.8, 4) is 5.75 Å². The molecule has 1 fully saturated rings. The fourth-order valence-electron chi connectivity index (χ4n) is 2.60. The minimum absolute atomic E-state index is 0.344. The second-order valence-electron chi connectivity index (χ2n) is 4.66. The van der Waals surface area contributed by atoms with Gasteiger partial charge < -0.3 is 10.4 Å². The lowest BCUT2D eigenvalue weighted by atomic mass is 9.99. The zero-order chi connectivity index (χ0) is 12.3. The van der Waals surface area contributed by atoms with E-state index >= 15 is 0 Å². The molecule has 0 bridgehead atoms. The van der Waals surface area contributed by atoms with Gasteiger partial charge in [-0.25, -0.2) is 0 Å². The van der Waals surface area contributed by atoms with Gasteiger partial charge in [-0.1, -0.05) is 26.0 Å². The standard InChI is InChI=1S/C14H22N2O/c1-3-14(11-5-7-13(17)8-6-11)16(4-2)12-9-15-10-12/h5-8,12,14-15,17H,3-4,9-10H2,1-2H3. The van der Waals surface area contributed by atoms with Gasteiger partial charge in [0.25, 0.3) is 0 Å². The maximum atomic E-state index is 9.35. The molecule has 0 spiro atoms. The first-order valence-electron chi connectivity index (χ1n) is 6.51. The van der Waals surface area contributed by atoms with E-state index in [1.54, 1.807) is 12.1 Å². The third-order valence-electron chi connectivity index (χ3n) is 3.66. The molecule has 2 rings (SSSR count). The highest BCUT2D eigenvalue weighted by molar-refractivity contribution is 5.28. The van der Waals surface area contributed by atoms with Crippen LogP contribution in [0.15, 0.2) is 24.3 Å². The van der Waals surface area contributed by atoms with Crippen LogP contribution in [-0.4, -0.2) is 35.7 Å². The molecule has 1 aromatic rings. The maximum absolute atomic E-state index is 9.35. The number of aromatic hydroxyl groups is 1. The third kappa shape index (κ3) is 2.61. The fourth-order valence-corrected chi connectivity index (χ4v) is 2.60. The van der Waals surface area contributed by atoms with Crippen LogP contribution in [0.5, 0.6) is 5.75 Å². The molecule has 0 amide bonds. The Kier molecular flexibility index (Phi) is 4.02. The molecule has 3 nitrogen and oxygen atoms in total. The quantitative estimate of drug-likeness (QED) is 0.819. The molecule has 1 heterocycles. The minimum atomic E-state index is 0.344. The van der Waals surface area contributed by atoms with Crippen molar-refractivity contribution in [3.63, 3.8) is 0 Å². The fraction of sp³-hybridized carbons (Fsp3) is 0.571. The lowest BCUT2D eigenvalue weighted by Crippen LogP contribution is -2.57. The molecule has 1 unspecified atom stereocenters. The van der Waals surface area contributed by atoms with Crippen LogP contribution in [0.3, 0.4) is 0 Å². The van der Waals surface area contributed by atoms with Crippen LogP contribution >= 0.6 is 0 Å². The van der Waals surface area contributed by atoms with E-state index in [9.17, 15) is 5.11 Å². The highest BCUT2D eigenvalue weighted by Gasteiger charge is 2.28.